The number of hydrogen-bond acceptors (Lipinski definition) is 6. The van der Waals surface area contributed by atoms with Crippen molar-refractivity contribution in [1.29, 1.82) is 0 Å². The number of rotatable bonds is 7. The Labute approximate surface area is 101 Å². The van der Waals surface area contributed by atoms with Crippen LogP contribution in [0.15, 0.2) is 0 Å². The lowest BCUT2D eigenvalue weighted by atomic mass is 10.3. The monoisotopic (exact) mass is 256 g/mol. The van der Waals surface area contributed by atoms with Crippen LogP contribution in [0.1, 0.15) is 12.2 Å². The highest BCUT2D eigenvalue weighted by atomic mass is 16.4. The van der Waals surface area contributed by atoms with Gasteiger partial charge in [0.15, 0.2) is 5.82 Å². The van der Waals surface area contributed by atoms with Gasteiger partial charge in [-0.25, -0.2) is 4.68 Å². The van der Waals surface area contributed by atoms with Gasteiger partial charge in [-0.15, -0.1) is 5.10 Å². The van der Waals surface area contributed by atoms with E-state index in [1.807, 2.05) is 0 Å². The quantitative estimate of drug-likeness (QED) is 0.479. The molecule has 98 valence electrons. The van der Waals surface area contributed by atoms with E-state index in [1.54, 1.807) is 0 Å². The SMILES string of the molecule is NC(=O)Cn1nnnc1CC(=O)NCCC(=O)O. The van der Waals surface area contributed by atoms with Crippen LogP contribution in [-0.2, 0) is 27.3 Å². The molecule has 0 saturated carbocycles. The number of nitrogens with two attached hydrogens (primary N) is 1. The summed E-state index contributed by atoms with van der Waals surface area (Å²) in [5.41, 5.74) is 4.98. The number of aliphatic carboxylic acids is 1. The van der Waals surface area contributed by atoms with E-state index >= 15 is 0 Å². The Bertz CT molecular complexity index is 456. The lowest BCUT2D eigenvalue weighted by molar-refractivity contribution is -0.137. The van der Waals surface area contributed by atoms with Crippen LogP contribution < -0.4 is 11.1 Å². The Morgan fingerprint density at radius 2 is 2.11 bits per heavy atom. The van der Waals surface area contributed by atoms with E-state index in [-0.39, 0.29) is 31.8 Å². The minimum Gasteiger partial charge on any atom is -0.481 e. The Hall–Kier alpha value is -2.52. The zero-order chi connectivity index (χ0) is 13.5. The number of primary amides is 1. The summed E-state index contributed by atoms with van der Waals surface area (Å²) in [6.07, 6.45) is -0.322. The van der Waals surface area contributed by atoms with E-state index in [4.69, 9.17) is 10.8 Å². The second kappa shape index (κ2) is 6.27. The van der Waals surface area contributed by atoms with Crippen molar-refractivity contribution in [3.63, 3.8) is 0 Å². The van der Waals surface area contributed by atoms with Crippen LogP contribution >= 0.6 is 0 Å². The van der Waals surface area contributed by atoms with Crippen molar-refractivity contribution in [2.24, 2.45) is 5.73 Å². The van der Waals surface area contributed by atoms with Crippen molar-refractivity contribution in [1.82, 2.24) is 25.5 Å². The van der Waals surface area contributed by atoms with Crippen LogP contribution in [0.4, 0.5) is 0 Å². The second-order valence-electron chi connectivity index (χ2n) is 3.39. The maximum absolute atomic E-state index is 11.4. The highest BCUT2D eigenvalue weighted by Gasteiger charge is 2.12. The smallest absolute Gasteiger partial charge is 0.305 e. The molecule has 0 aliphatic carbocycles. The third-order valence-electron chi connectivity index (χ3n) is 1.89. The third-order valence-corrected chi connectivity index (χ3v) is 1.89. The average molecular weight is 256 g/mol. The van der Waals surface area contributed by atoms with Crippen molar-refractivity contribution in [3.05, 3.63) is 5.82 Å². The third kappa shape index (κ3) is 4.55. The number of nitrogens with one attached hydrogen (secondary N) is 1. The van der Waals surface area contributed by atoms with Crippen LogP contribution in [0.5, 0.6) is 0 Å². The molecule has 0 spiro atoms. The molecule has 0 radical (unpaired) electrons. The number of nitrogens with zero attached hydrogens (tertiary/aromatic N) is 4. The fraction of sp³-hybridized carbons (Fsp3) is 0.500. The number of aromatic nitrogens is 4. The molecule has 2 amide bonds. The van der Waals surface area contributed by atoms with Crippen molar-refractivity contribution in [2.75, 3.05) is 6.54 Å². The summed E-state index contributed by atoms with van der Waals surface area (Å²) in [6, 6.07) is 0. The number of amides is 2. The van der Waals surface area contributed by atoms with Crippen LogP contribution in [-0.4, -0.2) is 49.6 Å². The fourth-order valence-corrected chi connectivity index (χ4v) is 1.14. The van der Waals surface area contributed by atoms with Gasteiger partial charge in [-0.3, -0.25) is 14.4 Å². The van der Waals surface area contributed by atoms with Crippen LogP contribution in [0.25, 0.3) is 0 Å². The first-order valence-corrected chi connectivity index (χ1v) is 5.01. The predicted molar refractivity (Wildman–Crippen MR) is 56.0 cm³/mol. The van der Waals surface area contributed by atoms with E-state index in [2.05, 4.69) is 20.8 Å². The number of carbonyl (C=O) groups excluding carboxylic acids is 2. The highest BCUT2D eigenvalue weighted by Crippen LogP contribution is 1.93. The highest BCUT2D eigenvalue weighted by molar-refractivity contribution is 5.78. The summed E-state index contributed by atoms with van der Waals surface area (Å²) in [6.45, 7) is -0.198. The minimum atomic E-state index is -1.01. The van der Waals surface area contributed by atoms with Crippen LogP contribution in [0.2, 0.25) is 0 Å². The number of hydrogen-bond donors (Lipinski definition) is 3. The van der Waals surface area contributed by atoms with Gasteiger partial charge in [-0.1, -0.05) is 0 Å². The molecule has 18 heavy (non-hydrogen) atoms. The number of carbonyl (C=O) groups is 3. The first kappa shape index (κ1) is 13.5. The molecule has 0 bridgehead atoms. The molecule has 1 aromatic rings. The molecule has 10 heteroatoms. The second-order valence-corrected chi connectivity index (χ2v) is 3.39. The maximum atomic E-state index is 11.4. The molecule has 1 rings (SSSR count). The minimum absolute atomic E-state index is 0.0194. The zero-order valence-electron chi connectivity index (χ0n) is 9.37. The van der Waals surface area contributed by atoms with Gasteiger partial charge in [0, 0.05) is 6.54 Å². The Morgan fingerprint density at radius 1 is 1.39 bits per heavy atom. The summed E-state index contributed by atoms with van der Waals surface area (Å²) in [5, 5.41) is 21.2. The van der Waals surface area contributed by atoms with E-state index in [0.29, 0.717) is 0 Å². The molecule has 0 unspecified atom stereocenters. The largest absolute Gasteiger partial charge is 0.481 e. The van der Waals surface area contributed by atoms with Crippen molar-refractivity contribution < 1.29 is 19.5 Å². The number of carboxylic acid groups (broad SMARTS) is 1. The van der Waals surface area contributed by atoms with Gasteiger partial charge < -0.3 is 16.2 Å². The summed E-state index contributed by atoms with van der Waals surface area (Å²) < 4.78 is 1.11. The lowest BCUT2D eigenvalue weighted by Crippen LogP contribution is -2.29. The molecule has 0 aliphatic rings. The summed E-state index contributed by atoms with van der Waals surface area (Å²) >= 11 is 0. The standard InChI is InChI=1S/C8H12N6O4/c9-5(15)4-14-6(11-12-13-14)3-7(16)10-2-1-8(17)18/h1-4H2,(H2,9,15)(H,10,16)(H,17,18). The first-order chi connectivity index (χ1) is 8.49. The van der Waals surface area contributed by atoms with E-state index in [9.17, 15) is 14.4 Å². The molecule has 0 saturated heterocycles. The van der Waals surface area contributed by atoms with Gasteiger partial charge in [0.1, 0.15) is 6.54 Å². The van der Waals surface area contributed by atoms with Crippen molar-refractivity contribution in [3.8, 4) is 0 Å². The van der Waals surface area contributed by atoms with Gasteiger partial charge >= 0.3 is 5.97 Å². The molecular formula is C8H12N6O4. The molecule has 10 nitrogen and oxygen atoms in total. The van der Waals surface area contributed by atoms with E-state index in [1.165, 1.54) is 0 Å². The van der Waals surface area contributed by atoms with Gasteiger partial charge in [0.2, 0.25) is 11.8 Å². The molecule has 0 fully saturated rings. The van der Waals surface area contributed by atoms with Crippen molar-refractivity contribution >= 4 is 17.8 Å². The topological polar surface area (TPSA) is 153 Å². The number of tetrazole rings is 1. The van der Waals surface area contributed by atoms with E-state index in [0.717, 1.165) is 4.68 Å². The van der Waals surface area contributed by atoms with Gasteiger partial charge in [0.05, 0.1) is 12.8 Å². The number of carboxylic acids is 1. The lowest BCUT2D eigenvalue weighted by Gasteiger charge is -2.03. The average Bonchev–Trinajstić information content (AvgIpc) is 2.64. The maximum Gasteiger partial charge on any atom is 0.305 e. The Morgan fingerprint density at radius 3 is 2.72 bits per heavy atom. The molecule has 0 aliphatic heterocycles. The summed E-state index contributed by atoms with van der Waals surface area (Å²) in [4.78, 5) is 32.3. The van der Waals surface area contributed by atoms with Gasteiger partial charge in [-0.2, -0.15) is 0 Å². The summed E-state index contributed by atoms with van der Waals surface area (Å²) in [5.74, 6) is -1.89. The summed E-state index contributed by atoms with van der Waals surface area (Å²) in [7, 11) is 0. The molecule has 0 atom stereocenters. The molecule has 1 heterocycles. The Kier molecular flexibility index (Phi) is 4.72. The molecular weight excluding hydrogens is 244 g/mol. The van der Waals surface area contributed by atoms with E-state index < -0.39 is 17.8 Å². The molecule has 4 N–H and O–H groups in total. The van der Waals surface area contributed by atoms with Gasteiger partial charge in [-0.05, 0) is 10.4 Å². The normalized spacial score (nSPS) is 10.0. The predicted octanol–water partition coefficient (Wildman–Crippen LogP) is -2.71. The zero-order valence-corrected chi connectivity index (χ0v) is 9.37. The van der Waals surface area contributed by atoms with Gasteiger partial charge in [0.25, 0.3) is 0 Å². The fourth-order valence-electron chi connectivity index (χ4n) is 1.14. The van der Waals surface area contributed by atoms with Crippen LogP contribution in [0, 0.1) is 0 Å². The first-order valence-electron chi connectivity index (χ1n) is 5.01. The van der Waals surface area contributed by atoms with Crippen molar-refractivity contribution in [2.45, 2.75) is 19.4 Å². The Balaban J connectivity index is 2.46. The molecule has 0 aromatic carbocycles. The van der Waals surface area contributed by atoms with Crippen LogP contribution in [0.3, 0.4) is 0 Å². The molecule has 1 aromatic heterocycles.